The number of rotatable bonds is 7. The molecule has 5 nitrogen and oxygen atoms in total. The molecule has 0 aromatic carbocycles. The van der Waals surface area contributed by atoms with E-state index >= 15 is 0 Å². The van der Waals surface area contributed by atoms with Gasteiger partial charge in [0, 0.05) is 12.5 Å². The summed E-state index contributed by atoms with van der Waals surface area (Å²) in [6, 6.07) is -0.208. The molecule has 0 saturated heterocycles. The third kappa shape index (κ3) is 3.81. The molecule has 0 bridgehead atoms. The number of carboxylic acids is 1. The molecule has 1 amide bonds. The van der Waals surface area contributed by atoms with Crippen molar-refractivity contribution in [3.05, 3.63) is 0 Å². The highest BCUT2D eigenvalue weighted by Gasteiger charge is 2.36. The SMILES string of the molecule is CCC(N)CC(=O)NC(CC)(CC)C(=O)O. The number of aliphatic carboxylic acids is 1. The Kier molecular flexibility index (Phi) is 6.03. The maximum Gasteiger partial charge on any atom is 0.329 e. The van der Waals surface area contributed by atoms with Crippen molar-refractivity contribution in [1.82, 2.24) is 5.32 Å². The first kappa shape index (κ1) is 14.9. The summed E-state index contributed by atoms with van der Waals surface area (Å²) in [5.41, 5.74) is 4.50. The van der Waals surface area contributed by atoms with Gasteiger partial charge in [0.1, 0.15) is 5.54 Å². The average molecular weight is 230 g/mol. The van der Waals surface area contributed by atoms with Crippen LogP contribution >= 0.6 is 0 Å². The summed E-state index contributed by atoms with van der Waals surface area (Å²) >= 11 is 0. The van der Waals surface area contributed by atoms with E-state index in [1.807, 2.05) is 6.92 Å². The van der Waals surface area contributed by atoms with E-state index in [-0.39, 0.29) is 18.4 Å². The monoisotopic (exact) mass is 230 g/mol. The highest BCUT2D eigenvalue weighted by atomic mass is 16.4. The molecule has 0 rings (SSSR count). The number of carboxylic acid groups (broad SMARTS) is 1. The zero-order chi connectivity index (χ0) is 12.8. The third-order valence-corrected chi connectivity index (χ3v) is 2.97. The van der Waals surface area contributed by atoms with Gasteiger partial charge in [0.25, 0.3) is 0 Å². The number of nitrogens with one attached hydrogen (secondary N) is 1. The minimum atomic E-state index is -1.15. The van der Waals surface area contributed by atoms with Crippen molar-refractivity contribution in [1.29, 1.82) is 0 Å². The second-order valence-electron chi connectivity index (χ2n) is 4.01. The van der Waals surface area contributed by atoms with Crippen LogP contribution in [0.1, 0.15) is 46.5 Å². The van der Waals surface area contributed by atoms with E-state index in [4.69, 9.17) is 10.8 Å². The van der Waals surface area contributed by atoms with Crippen molar-refractivity contribution in [2.24, 2.45) is 5.73 Å². The summed E-state index contributed by atoms with van der Waals surface area (Å²) in [5.74, 6) is -1.28. The second-order valence-corrected chi connectivity index (χ2v) is 4.01. The number of hydrogen-bond acceptors (Lipinski definition) is 3. The number of amides is 1. The standard InChI is InChI=1S/C11H22N2O3/c1-4-8(12)7-9(14)13-11(5-2,6-3)10(15)16/h8H,4-7,12H2,1-3H3,(H,13,14)(H,15,16). The van der Waals surface area contributed by atoms with Gasteiger partial charge in [-0.25, -0.2) is 4.79 Å². The highest BCUT2D eigenvalue weighted by Crippen LogP contribution is 2.15. The van der Waals surface area contributed by atoms with Crippen LogP contribution in [-0.4, -0.2) is 28.6 Å². The molecule has 0 aliphatic carbocycles. The molecule has 0 radical (unpaired) electrons. The molecule has 0 aliphatic rings. The van der Waals surface area contributed by atoms with Crippen LogP contribution in [0.25, 0.3) is 0 Å². The Hall–Kier alpha value is -1.10. The zero-order valence-electron chi connectivity index (χ0n) is 10.2. The van der Waals surface area contributed by atoms with E-state index < -0.39 is 11.5 Å². The van der Waals surface area contributed by atoms with Crippen LogP contribution in [-0.2, 0) is 9.59 Å². The van der Waals surface area contributed by atoms with E-state index in [1.165, 1.54) is 0 Å². The molecule has 0 aliphatic heterocycles. The first-order valence-corrected chi connectivity index (χ1v) is 5.71. The summed E-state index contributed by atoms with van der Waals surface area (Å²) in [5, 5.41) is 11.7. The largest absolute Gasteiger partial charge is 0.480 e. The molecule has 0 aromatic rings. The van der Waals surface area contributed by atoms with Crippen molar-refractivity contribution in [2.75, 3.05) is 0 Å². The summed E-state index contributed by atoms with van der Waals surface area (Å²) in [6.07, 6.45) is 1.61. The average Bonchev–Trinajstić information content (AvgIpc) is 2.25. The van der Waals surface area contributed by atoms with E-state index in [0.717, 1.165) is 0 Å². The number of nitrogens with two attached hydrogens (primary N) is 1. The lowest BCUT2D eigenvalue weighted by molar-refractivity contribution is -0.148. The molecule has 94 valence electrons. The summed E-state index contributed by atoms with van der Waals surface area (Å²) in [6.45, 7) is 5.39. The van der Waals surface area contributed by atoms with Crippen molar-refractivity contribution < 1.29 is 14.7 Å². The van der Waals surface area contributed by atoms with E-state index in [2.05, 4.69) is 5.32 Å². The van der Waals surface area contributed by atoms with Gasteiger partial charge in [0.2, 0.25) is 5.91 Å². The third-order valence-electron chi connectivity index (χ3n) is 2.97. The second kappa shape index (κ2) is 6.48. The zero-order valence-corrected chi connectivity index (χ0v) is 10.2. The van der Waals surface area contributed by atoms with Gasteiger partial charge in [-0.1, -0.05) is 20.8 Å². The summed E-state index contributed by atoms with van der Waals surface area (Å²) in [7, 11) is 0. The Morgan fingerprint density at radius 3 is 2.12 bits per heavy atom. The van der Waals surface area contributed by atoms with Crippen molar-refractivity contribution in [3.63, 3.8) is 0 Å². The molecule has 4 N–H and O–H groups in total. The molecule has 1 atom stereocenters. The fourth-order valence-electron chi connectivity index (χ4n) is 1.48. The lowest BCUT2D eigenvalue weighted by atomic mass is 9.92. The van der Waals surface area contributed by atoms with Gasteiger partial charge in [-0.15, -0.1) is 0 Å². The van der Waals surface area contributed by atoms with Gasteiger partial charge >= 0.3 is 5.97 Å². The van der Waals surface area contributed by atoms with Crippen LogP contribution < -0.4 is 11.1 Å². The minimum Gasteiger partial charge on any atom is -0.480 e. The topological polar surface area (TPSA) is 92.4 Å². The first-order chi connectivity index (χ1) is 7.41. The van der Waals surface area contributed by atoms with Gasteiger partial charge in [-0.2, -0.15) is 0 Å². The Labute approximate surface area is 96.4 Å². The molecule has 1 unspecified atom stereocenters. The fourth-order valence-corrected chi connectivity index (χ4v) is 1.48. The maximum atomic E-state index is 11.6. The van der Waals surface area contributed by atoms with Crippen LogP contribution in [0.4, 0.5) is 0 Å². The molecule has 0 saturated carbocycles. The van der Waals surface area contributed by atoms with E-state index in [0.29, 0.717) is 19.3 Å². The molecular weight excluding hydrogens is 208 g/mol. The number of hydrogen-bond donors (Lipinski definition) is 3. The van der Waals surface area contributed by atoms with Gasteiger partial charge in [0.15, 0.2) is 0 Å². The quantitative estimate of drug-likeness (QED) is 0.605. The molecule has 0 spiro atoms. The maximum absolute atomic E-state index is 11.6. The fraction of sp³-hybridized carbons (Fsp3) is 0.818. The van der Waals surface area contributed by atoms with Gasteiger partial charge in [0.05, 0.1) is 0 Å². The van der Waals surface area contributed by atoms with Crippen LogP contribution in [0.15, 0.2) is 0 Å². The van der Waals surface area contributed by atoms with E-state index in [1.54, 1.807) is 13.8 Å². The molecule has 16 heavy (non-hydrogen) atoms. The van der Waals surface area contributed by atoms with Crippen molar-refractivity contribution in [2.45, 2.75) is 58.0 Å². The molecule has 0 aromatic heterocycles. The van der Waals surface area contributed by atoms with Crippen molar-refractivity contribution >= 4 is 11.9 Å². The predicted octanol–water partition coefficient (Wildman–Crippen LogP) is 0.873. The Morgan fingerprint density at radius 1 is 1.31 bits per heavy atom. The minimum absolute atomic E-state index is 0.172. The smallest absolute Gasteiger partial charge is 0.329 e. The van der Waals surface area contributed by atoms with Gasteiger partial charge in [-0.3, -0.25) is 4.79 Å². The normalized spacial score (nSPS) is 13.2. The van der Waals surface area contributed by atoms with Gasteiger partial charge in [-0.05, 0) is 19.3 Å². The molecule has 0 fully saturated rings. The molecular formula is C11H22N2O3. The Morgan fingerprint density at radius 2 is 1.81 bits per heavy atom. The Bertz CT molecular complexity index is 250. The van der Waals surface area contributed by atoms with Crippen LogP contribution in [0.5, 0.6) is 0 Å². The van der Waals surface area contributed by atoms with Crippen molar-refractivity contribution in [3.8, 4) is 0 Å². The number of carbonyl (C=O) groups excluding carboxylic acids is 1. The van der Waals surface area contributed by atoms with E-state index in [9.17, 15) is 9.59 Å². The first-order valence-electron chi connectivity index (χ1n) is 5.71. The highest BCUT2D eigenvalue weighted by molar-refractivity contribution is 5.87. The predicted molar refractivity (Wildman–Crippen MR) is 62.0 cm³/mol. The lowest BCUT2D eigenvalue weighted by Gasteiger charge is -2.28. The lowest BCUT2D eigenvalue weighted by Crippen LogP contribution is -2.54. The Balaban J connectivity index is 4.52. The van der Waals surface area contributed by atoms with Crippen LogP contribution in [0.3, 0.4) is 0 Å². The van der Waals surface area contributed by atoms with Gasteiger partial charge < -0.3 is 16.2 Å². The summed E-state index contributed by atoms with van der Waals surface area (Å²) in [4.78, 5) is 22.7. The molecule has 0 heterocycles. The number of carbonyl (C=O) groups is 2. The van der Waals surface area contributed by atoms with Crippen LogP contribution in [0, 0.1) is 0 Å². The molecule has 5 heteroatoms. The summed E-state index contributed by atoms with van der Waals surface area (Å²) < 4.78 is 0. The van der Waals surface area contributed by atoms with Crippen LogP contribution in [0.2, 0.25) is 0 Å².